The average molecular weight is 186 g/mol. The van der Waals surface area contributed by atoms with Gasteiger partial charge in [0.1, 0.15) is 0 Å². The van der Waals surface area contributed by atoms with Gasteiger partial charge in [0.15, 0.2) is 0 Å². The summed E-state index contributed by atoms with van der Waals surface area (Å²) in [6, 6.07) is 0.857. The summed E-state index contributed by atoms with van der Waals surface area (Å²) in [5.74, 6) is 1.33. The minimum atomic E-state index is 0.857. The Balaban J connectivity index is 1.81. The lowest BCUT2D eigenvalue weighted by molar-refractivity contribution is 0.155. The molecule has 12 heavy (non-hydrogen) atoms. The van der Waals surface area contributed by atoms with E-state index in [0.29, 0.717) is 0 Å². The van der Waals surface area contributed by atoms with E-state index >= 15 is 0 Å². The number of hydrogen-bond acceptors (Lipinski definition) is 3. The van der Waals surface area contributed by atoms with Gasteiger partial charge in [0, 0.05) is 36.7 Å². The standard InChI is InChI=1S/C9H18N2S/c1-8-2-3-11(4-5-12-8)9-6-10-7-9/h8-10H,2-7H2,1H3. The first-order chi connectivity index (χ1) is 5.86. The van der Waals surface area contributed by atoms with Gasteiger partial charge < -0.3 is 5.32 Å². The summed E-state index contributed by atoms with van der Waals surface area (Å²) < 4.78 is 0. The van der Waals surface area contributed by atoms with Gasteiger partial charge in [-0.1, -0.05) is 6.92 Å². The highest BCUT2D eigenvalue weighted by Gasteiger charge is 2.25. The van der Waals surface area contributed by atoms with E-state index in [0.717, 1.165) is 11.3 Å². The van der Waals surface area contributed by atoms with Gasteiger partial charge in [-0.05, 0) is 13.0 Å². The molecule has 2 nitrogen and oxygen atoms in total. The van der Waals surface area contributed by atoms with Crippen LogP contribution in [0.1, 0.15) is 13.3 Å². The van der Waals surface area contributed by atoms with Crippen molar-refractivity contribution >= 4 is 11.8 Å². The van der Waals surface area contributed by atoms with Crippen LogP contribution < -0.4 is 5.32 Å². The van der Waals surface area contributed by atoms with Gasteiger partial charge in [0.2, 0.25) is 0 Å². The molecule has 0 aromatic heterocycles. The number of nitrogens with zero attached hydrogens (tertiary/aromatic N) is 1. The van der Waals surface area contributed by atoms with Crippen LogP contribution in [0.2, 0.25) is 0 Å². The van der Waals surface area contributed by atoms with E-state index in [9.17, 15) is 0 Å². The highest BCUT2D eigenvalue weighted by molar-refractivity contribution is 7.99. The highest BCUT2D eigenvalue weighted by Crippen LogP contribution is 2.20. The van der Waals surface area contributed by atoms with Crippen molar-refractivity contribution in [3.63, 3.8) is 0 Å². The minimum absolute atomic E-state index is 0.857. The van der Waals surface area contributed by atoms with Gasteiger partial charge in [-0.15, -0.1) is 0 Å². The van der Waals surface area contributed by atoms with Gasteiger partial charge in [-0.25, -0.2) is 0 Å². The molecule has 0 aromatic rings. The third-order valence-corrected chi connectivity index (χ3v) is 4.10. The monoisotopic (exact) mass is 186 g/mol. The molecule has 2 rings (SSSR count). The van der Waals surface area contributed by atoms with Gasteiger partial charge in [0.25, 0.3) is 0 Å². The third kappa shape index (κ3) is 1.95. The Bertz CT molecular complexity index is 147. The molecule has 2 fully saturated rings. The summed E-state index contributed by atoms with van der Waals surface area (Å²) in [7, 11) is 0. The van der Waals surface area contributed by atoms with Crippen LogP contribution in [-0.4, -0.2) is 48.1 Å². The van der Waals surface area contributed by atoms with Gasteiger partial charge in [-0.2, -0.15) is 11.8 Å². The van der Waals surface area contributed by atoms with E-state index in [-0.39, 0.29) is 0 Å². The molecule has 2 saturated heterocycles. The van der Waals surface area contributed by atoms with E-state index in [1.54, 1.807) is 0 Å². The molecule has 0 saturated carbocycles. The zero-order valence-corrected chi connectivity index (χ0v) is 8.57. The molecular weight excluding hydrogens is 168 g/mol. The zero-order valence-electron chi connectivity index (χ0n) is 7.75. The largest absolute Gasteiger partial charge is 0.314 e. The summed E-state index contributed by atoms with van der Waals surface area (Å²) in [6.07, 6.45) is 1.38. The predicted octanol–water partition coefficient (Wildman–Crippen LogP) is 0.786. The summed E-state index contributed by atoms with van der Waals surface area (Å²) in [4.78, 5) is 2.66. The van der Waals surface area contributed by atoms with Gasteiger partial charge >= 0.3 is 0 Å². The second-order valence-electron chi connectivity index (χ2n) is 3.82. The summed E-state index contributed by atoms with van der Waals surface area (Å²) in [5.41, 5.74) is 0. The molecular formula is C9H18N2S. The van der Waals surface area contributed by atoms with Crippen molar-refractivity contribution in [1.82, 2.24) is 10.2 Å². The zero-order chi connectivity index (χ0) is 8.39. The van der Waals surface area contributed by atoms with Crippen molar-refractivity contribution in [3.8, 4) is 0 Å². The molecule has 0 aliphatic carbocycles. The maximum Gasteiger partial charge on any atom is 0.0345 e. The smallest absolute Gasteiger partial charge is 0.0345 e. The van der Waals surface area contributed by atoms with Crippen molar-refractivity contribution in [2.45, 2.75) is 24.6 Å². The molecule has 0 amide bonds. The molecule has 1 atom stereocenters. The molecule has 0 radical (unpaired) electrons. The molecule has 0 aromatic carbocycles. The molecule has 3 heteroatoms. The van der Waals surface area contributed by atoms with Crippen molar-refractivity contribution in [2.24, 2.45) is 0 Å². The maximum absolute atomic E-state index is 3.34. The van der Waals surface area contributed by atoms with Crippen LogP contribution >= 0.6 is 11.8 Å². The van der Waals surface area contributed by atoms with Crippen LogP contribution in [0.5, 0.6) is 0 Å². The highest BCUT2D eigenvalue weighted by atomic mass is 32.2. The Hall–Kier alpha value is 0.270. The SMILES string of the molecule is CC1CCN(C2CNC2)CCS1. The fraction of sp³-hybridized carbons (Fsp3) is 1.00. The number of nitrogens with one attached hydrogen (secondary N) is 1. The molecule has 1 unspecified atom stereocenters. The van der Waals surface area contributed by atoms with E-state index < -0.39 is 0 Å². The van der Waals surface area contributed by atoms with Crippen molar-refractivity contribution in [3.05, 3.63) is 0 Å². The summed E-state index contributed by atoms with van der Waals surface area (Å²) in [5, 5.41) is 4.22. The van der Waals surface area contributed by atoms with E-state index in [4.69, 9.17) is 0 Å². The van der Waals surface area contributed by atoms with Crippen molar-refractivity contribution < 1.29 is 0 Å². The van der Waals surface area contributed by atoms with E-state index in [1.165, 1.54) is 38.4 Å². The molecule has 2 aliphatic rings. The molecule has 2 heterocycles. The Morgan fingerprint density at radius 2 is 2.17 bits per heavy atom. The molecule has 70 valence electrons. The Labute approximate surface area is 79.1 Å². The van der Waals surface area contributed by atoms with Crippen LogP contribution in [0.15, 0.2) is 0 Å². The Kier molecular flexibility index (Phi) is 2.94. The quantitative estimate of drug-likeness (QED) is 0.652. The summed E-state index contributed by atoms with van der Waals surface area (Å²) >= 11 is 2.13. The lowest BCUT2D eigenvalue weighted by Crippen LogP contribution is -2.57. The first kappa shape index (κ1) is 8.85. The molecule has 0 bridgehead atoms. The van der Waals surface area contributed by atoms with Crippen LogP contribution in [0.4, 0.5) is 0 Å². The average Bonchev–Trinajstić information content (AvgIpc) is 2.12. The first-order valence-corrected chi connectivity index (χ1v) is 5.97. The fourth-order valence-electron chi connectivity index (χ4n) is 1.81. The molecule has 2 aliphatic heterocycles. The van der Waals surface area contributed by atoms with Crippen LogP contribution in [0, 0.1) is 0 Å². The second-order valence-corrected chi connectivity index (χ2v) is 5.36. The van der Waals surface area contributed by atoms with Crippen molar-refractivity contribution in [1.29, 1.82) is 0 Å². The second kappa shape index (κ2) is 3.99. The fourth-order valence-corrected chi connectivity index (χ4v) is 2.83. The van der Waals surface area contributed by atoms with E-state index in [2.05, 4.69) is 28.9 Å². The van der Waals surface area contributed by atoms with Gasteiger partial charge in [-0.3, -0.25) is 4.90 Å². The van der Waals surface area contributed by atoms with Crippen LogP contribution in [-0.2, 0) is 0 Å². The lowest BCUT2D eigenvalue weighted by Gasteiger charge is -2.37. The van der Waals surface area contributed by atoms with Crippen molar-refractivity contribution in [2.75, 3.05) is 31.9 Å². The Morgan fingerprint density at radius 3 is 2.83 bits per heavy atom. The predicted molar refractivity (Wildman–Crippen MR) is 54.8 cm³/mol. The Morgan fingerprint density at radius 1 is 1.33 bits per heavy atom. The minimum Gasteiger partial charge on any atom is -0.314 e. The number of hydrogen-bond donors (Lipinski definition) is 1. The third-order valence-electron chi connectivity index (χ3n) is 2.88. The normalized spacial score (nSPS) is 34.2. The number of rotatable bonds is 1. The van der Waals surface area contributed by atoms with Crippen LogP contribution in [0.3, 0.4) is 0 Å². The maximum atomic E-state index is 3.34. The number of thioether (sulfide) groups is 1. The first-order valence-electron chi connectivity index (χ1n) is 4.92. The van der Waals surface area contributed by atoms with E-state index in [1.807, 2.05) is 0 Å². The molecule has 0 spiro atoms. The summed E-state index contributed by atoms with van der Waals surface area (Å²) in [6.45, 7) is 7.42. The van der Waals surface area contributed by atoms with Crippen LogP contribution in [0.25, 0.3) is 0 Å². The van der Waals surface area contributed by atoms with Gasteiger partial charge in [0.05, 0.1) is 0 Å². The molecule has 1 N–H and O–H groups in total. The lowest BCUT2D eigenvalue weighted by atomic mass is 10.1. The topological polar surface area (TPSA) is 15.3 Å².